The number of nitrogens with one attached hydrogen (secondary N) is 1. The Balaban J connectivity index is 1.74. The smallest absolute Gasteiger partial charge is 0.267 e. The van der Waals surface area contributed by atoms with E-state index in [1.807, 2.05) is 0 Å². The number of benzene rings is 1. The molecule has 1 N–H and O–H groups in total. The SMILES string of the molecule is O=C(Cn1nc(C2CC2)ccc1=O)Nc1ccc(Cl)cc1F. The molecule has 1 fully saturated rings. The maximum absolute atomic E-state index is 13.6. The number of rotatable bonds is 4. The van der Waals surface area contributed by atoms with Crippen molar-refractivity contribution in [2.75, 3.05) is 5.32 Å². The number of nitrogens with zero attached hydrogens (tertiary/aromatic N) is 2. The summed E-state index contributed by atoms with van der Waals surface area (Å²) in [7, 11) is 0. The maximum Gasteiger partial charge on any atom is 0.267 e. The lowest BCUT2D eigenvalue weighted by atomic mass is 10.3. The Morgan fingerprint density at radius 3 is 2.82 bits per heavy atom. The van der Waals surface area contributed by atoms with Crippen molar-refractivity contribution in [3.8, 4) is 0 Å². The summed E-state index contributed by atoms with van der Waals surface area (Å²) in [6.45, 7) is -0.262. The Morgan fingerprint density at radius 1 is 1.36 bits per heavy atom. The monoisotopic (exact) mass is 321 g/mol. The van der Waals surface area contributed by atoms with E-state index in [4.69, 9.17) is 11.6 Å². The first-order valence-electron chi connectivity index (χ1n) is 6.86. The molecule has 0 spiro atoms. The predicted molar refractivity (Wildman–Crippen MR) is 80.5 cm³/mol. The Hall–Kier alpha value is -2.21. The van der Waals surface area contributed by atoms with Gasteiger partial charge in [-0.2, -0.15) is 5.10 Å². The standard InChI is InChI=1S/C15H13ClFN3O2/c16-10-3-4-13(11(17)7-10)18-14(21)8-20-15(22)6-5-12(19-20)9-1-2-9/h3-7,9H,1-2,8H2,(H,18,21). The minimum absolute atomic E-state index is 0.0146. The summed E-state index contributed by atoms with van der Waals surface area (Å²) < 4.78 is 14.7. The van der Waals surface area contributed by atoms with Crippen LogP contribution in [0.3, 0.4) is 0 Å². The molecule has 0 aliphatic heterocycles. The molecule has 1 saturated carbocycles. The second-order valence-electron chi connectivity index (χ2n) is 5.20. The third-order valence-electron chi connectivity index (χ3n) is 3.38. The number of halogens is 2. The highest BCUT2D eigenvalue weighted by Gasteiger charge is 2.25. The predicted octanol–water partition coefficient (Wildman–Crippen LogP) is 2.55. The normalized spacial score (nSPS) is 13.9. The highest BCUT2D eigenvalue weighted by molar-refractivity contribution is 6.30. The third-order valence-corrected chi connectivity index (χ3v) is 3.62. The fourth-order valence-electron chi connectivity index (χ4n) is 2.09. The van der Waals surface area contributed by atoms with Gasteiger partial charge in [0.25, 0.3) is 5.56 Å². The number of aromatic nitrogens is 2. The van der Waals surface area contributed by atoms with Crippen molar-refractivity contribution in [2.45, 2.75) is 25.3 Å². The van der Waals surface area contributed by atoms with Gasteiger partial charge in [-0.1, -0.05) is 11.6 Å². The lowest BCUT2D eigenvalue weighted by Crippen LogP contribution is -2.29. The van der Waals surface area contributed by atoms with E-state index in [1.165, 1.54) is 18.2 Å². The Kier molecular flexibility index (Phi) is 3.94. The number of hydrogen-bond acceptors (Lipinski definition) is 3. The van der Waals surface area contributed by atoms with Crippen LogP contribution in [-0.4, -0.2) is 15.7 Å². The number of hydrogen-bond donors (Lipinski definition) is 1. The summed E-state index contributed by atoms with van der Waals surface area (Å²) in [6, 6.07) is 7.03. The molecular weight excluding hydrogens is 309 g/mol. The number of anilines is 1. The van der Waals surface area contributed by atoms with E-state index in [2.05, 4.69) is 10.4 Å². The molecule has 1 amide bonds. The Bertz CT molecular complexity index is 787. The van der Waals surface area contributed by atoms with Gasteiger partial charge in [-0.15, -0.1) is 0 Å². The van der Waals surface area contributed by atoms with Crippen molar-refractivity contribution >= 4 is 23.2 Å². The van der Waals surface area contributed by atoms with E-state index in [0.717, 1.165) is 29.3 Å². The maximum atomic E-state index is 13.6. The van der Waals surface area contributed by atoms with Gasteiger partial charge >= 0.3 is 0 Å². The summed E-state index contributed by atoms with van der Waals surface area (Å²) in [4.78, 5) is 23.7. The van der Waals surface area contributed by atoms with E-state index in [0.29, 0.717) is 5.92 Å². The summed E-state index contributed by atoms with van der Waals surface area (Å²) in [5.41, 5.74) is 0.460. The quantitative estimate of drug-likeness (QED) is 0.941. The van der Waals surface area contributed by atoms with Gasteiger partial charge < -0.3 is 5.32 Å². The summed E-state index contributed by atoms with van der Waals surface area (Å²) >= 11 is 5.65. The van der Waals surface area contributed by atoms with Crippen molar-refractivity contribution in [2.24, 2.45) is 0 Å². The van der Waals surface area contributed by atoms with Crippen LogP contribution in [0.5, 0.6) is 0 Å². The van der Waals surface area contributed by atoms with Crippen LogP contribution in [0.15, 0.2) is 35.1 Å². The van der Waals surface area contributed by atoms with E-state index in [9.17, 15) is 14.0 Å². The average molecular weight is 322 g/mol. The van der Waals surface area contributed by atoms with Crippen LogP contribution in [0.25, 0.3) is 0 Å². The highest BCUT2D eigenvalue weighted by Crippen LogP contribution is 2.38. The summed E-state index contributed by atoms with van der Waals surface area (Å²) in [5.74, 6) is -0.778. The molecule has 1 aromatic carbocycles. The van der Waals surface area contributed by atoms with Gasteiger partial charge in [0, 0.05) is 17.0 Å². The van der Waals surface area contributed by atoms with Crippen molar-refractivity contribution < 1.29 is 9.18 Å². The van der Waals surface area contributed by atoms with Crippen LogP contribution in [0.1, 0.15) is 24.5 Å². The summed E-state index contributed by atoms with van der Waals surface area (Å²) in [6.07, 6.45) is 2.10. The van der Waals surface area contributed by atoms with E-state index in [-0.39, 0.29) is 22.8 Å². The average Bonchev–Trinajstić information content (AvgIpc) is 3.29. The molecule has 5 nitrogen and oxygen atoms in total. The van der Waals surface area contributed by atoms with Gasteiger partial charge in [0.15, 0.2) is 0 Å². The highest BCUT2D eigenvalue weighted by atomic mass is 35.5. The van der Waals surface area contributed by atoms with Gasteiger partial charge in [-0.3, -0.25) is 9.59 Å². The molecule has 7 heteroatoms. The van der Waals surface area contributed by atoms with Crippen molar-refractivity contribution in [1.29, 1.82) is 0 Å². The molecule has 0 bridgehead atoms. The molecule has 114 valence electrons. The number of amides is 1. The van der Waals surface area contributed by atoms with Crippen LogP contribution in [-0.2, 0) is 11.3 Å². The Labute approximate surface area is 130 Å². The summed E-state index contributed by atoms with van der Waals surface area (Å²) in [5, 5.41) is 6.83. The second-order valence-corrected chi connectivity index (χ2v) is 5.64. The molecule has 0 radical (unpaired) electrons. The van der Waals surface area contributed by atoms with Gasteiger partial charge in [0.2, 0.25) is 5.91 Å². The van der Waals surface area contributed by atoms with Crippen molar-refractivity contribution in [3.05, 3.63) is 57.2 Å². The zero-order valence-electron chi connectivity index (χ0n) is 11.6. The first-order chi connectivity index (χ1) is 10.5. The lowest BCUT2D eigenvalue weighted by Gasteiger charge is -2.08. The third kappa shape index (κ3) is 3.33. The number of carbonyl (C=O) groups is 1. The van der Waals surface area contributed by atoms with E-state index >= 15 is 0 Å². The fraction of sp³-hybridized carbons (Fsp3) is 0.267. The first kappa shape index (κ1) is 14.7. The second kappa shape index (κ2) is 5.88. The molecule has 1 heterocycles. The molecule has 1 aliphatic rings. The van der Waals surface area contributed by atoms with Crippen molar-refractivity contribution in [1.82, 2.24) is 9.78 Å². The van der Waals surface area contributed by atoms with Gasteiger partial charge in [0.05, 0.1) is 11.4 Å². The van der Waals surface area contributed by atoms with Crippen LogP contribution in [0.2, 0.25) is 5.02 Å². The molecule has 3 rings (SSSR count). The molecule has 1 aliphatic carbocycles. The fourth-order valence-corrected chi connectivity index (χ4v) is 2.25. The topological polar surface area (TPSA) is 64.0 Å². The minimum Gasteiger partial charge on any atom is -0.322 e. The molecule has 0 saturated heterocycles. The molecular formula is C15H13ClFN3O2. The molecule has 0 atom stereocenters. The van der Waals surface area contributed by atoms with Crippen LogP contribution in [0.4, 0.5) is 10.1 Å². The van der Waals surface area contributed by atoms with Crippen LogP contribution >= 0.6 is 11.6 Å². The lowest BCUT2D eigenvalue weighted by molar-refractivity contribution is -0.117. The van der Waals surface area contributed by atoms with Gasteiger partial charge in [-0.25, -0.2) is 9.07 Å². The minimum atomic E-state index is -0.632. The van der Waals surface area contributed by atoms with Crippen molar-refractivity contribution in [3.63, 3.8) is 0 Å². The Morgan fingerprint density at radius 2 is 2.14 bits per heavy atom. The molecule has 2 aromatic rings. The zero-order valence-corrected chi connectivity index (χ0v) is 12.3. The van der Waals surface area contributed by atoms with E-state index < -0.39 is 11.7 Å². The largest absolute Gasteiger partial charge is 0.322 e. The molecule has 0 unspecified atom stereocenters. The van der Waals surface area contributed by atoms with E-state index in [1.54, 1.807) is 6.07 Å². The van der Waals surface area contributed by atoms with Gasteiger partial charge in [0.1, 0.15) is 12.4 Å². The molecule has 1 aromatic heterocycles. The van der Waals surface area contributed by atoms with Gasteiger partial charge in [-0.05, 0) is 37.1 Å². The van der Waals surface area contributed by atoms with Crippen LogP contribution in [0, 0.1) is 5.82 Å². The first-order valence-corrected chi connectivity index (χ1v) is 7.24. The number of carbonyl (C=O) groups excluding carboxylic acids is 1. The van der Waals surface area contributed by atoms with Crippen LogP contribution < -0.4 is 10.9 Å². The molecule has 22 heavy (non-hydrogen) atoms. The zero-order chi connectivity index (χ0) is 15.7.